The van der Waals surface area contributed by atoms with Crippen LogP contribution in [0.15, 0.2) is 78.0 Å². The number of carbonyl (C=O) groups is 1. The van der Waals surface area contributed by atoms with Crippen molar-refractivity contribution in [3.05, 3.63) is 84.4 Å². The maximum atomic E-state index is 13.6. The van der Waals surface area contributed by atoms with Gasteiger partial charge in [0.2, 0.25) is 0 Å². The zero-order valence-corrected chi connectivity index (χ0v) is 14.2. The molecule has 6 nitrogen and oxygen atoms in total. The molecule has 3 aromatic rings. The van der Waals surface area contributed by atoms with Crippen molar-refractivity contribution < 1.29 is 17.6 Å². The number of hydrogen-bond donors (Lipinski definition) is 2. The molecule has 1 amide bonds. The Morgan fingerprint density at radius 2 is 1.65 bits per heavy atom. The second kappa shape index (κ2) is 7.32. The van der Waals surface area contributed by atoms with Crippen LogP contribution in [0.5, 0.6) is 0 Å². The molecule has 3 rings (SSSR count). The van der Waals surface area contributed by atoms with Crippen molar-refractivity contribution >= 4 is 27.3 Å². The molecule has 2 aromatic carbocycles. The van der Waals surface area contributed by atoms with E-state index in [1.54, 1.807) is 18.2 Å². The second-order valence-electron chi connectivity index (χ2n) is 5.31. The molecule has 2 N–H and O–H groups in total. The molecule has 0 saturated carbocycles. The van der Waals surface area contributed by atoms with Crippen LogP contribution in [0.4, 0.5) is 15.8 Å². The maximum Gasteiger partial charge on any atom is 0.261 e. The lowest BCUT2D eigenvalue weighted by Crippen LogP contribution is -2.15. The van der Waals surface area contributed by atoms with Crippen molar-refractivity contribution in [3.8, 4) is 0 Å². The lowest BCUT2D eigenvalue weighted by atomic mass is 10.2. The van der Waals surface area contributed by atoms with Gasteiger partial charge in [-0.2, -0.15) is 0 Å². The van der Waals surface area contributed by atoms with Crippen LogP contribution in [-0.2, 0) is 10.0 Å². The predicted molar refractivity (Wildman–Crippen MR) is 95.8 cm³/mol. The molecule has 0 fully saturated rings. The third-order valence-corrected chi connectivity index (χ3v) is 4.85. The minimum absolute atomic E-state index is 0.0187. The molecule has 0 aliphatic rings. The number of aromatic nitrogens is 1. The molecule has 1 heterocycles. The quantitative estimate of drug-likeness (QED) is 0.720. The summed E-state index contributed by atoms with van der Waals surface area (Å²) in [6.45, 7) is 0. The van der Waals surface area contributed by atoms with Gasteiger partial charge < -0.3 is 5.32 Å². The molecule has 0 unspecified atom stereocenters. The Kier molecular flexibility index (Phi) is 4.94. The number of sulfonamides is 1. The van der Waals surface area contributed by atoms with Crippen LogP contribution in [0.1, 0.15) is 10.4 Å². The van der Waals surface area contributed by atoms with Crippen molar-refractivity contribution in [1.82, 2.24) is 4.98 Å². The number of pyridine rings is 1. The smallest absolute Gasteiger partial charge is 0.261 e. The summed E-state index contributed by atoms with van der Waals surface area (Å²) in [5.41, 5.74) is 0.588. The molecule has 26 heavy (non-hydrogen) atoms. The fourth-order valence-electron chi connectivity index (χ4n) is 2.20. The lowest BCUT2D eigenvalue weighted by Gasteiger charge is -2.09. The standard InChI is InChI=1S/C18H14FN3O3S/c19-17-6-2-1-5-16(17)18(23)21-13-7-9-15(10-8-13)26(24,25)22-14-4-3-11-20-12-14/h1-12,22H,(H,21,23). The van der Waals surface area contributed by atoms with Crippen LogP contribution >= 0.6 is 0 Å². The highest BCUT2D eigenvalue weighted by Crippen LogP contribution is 2.18. The van der Waals surface area contributed by atoms with Crippen LogP contribution in [0, 0.1) is 5.82 Å². The molecule has 8 heteroatoms. The number of halogens is 1. The van der Waals surface area contributed by atoms with Crippen LogP contribution in [0.2, 0.25) is 0 Å². The first kappa shape index (κ1) is 17.6. The summed E-state index contributed by atoms with van der Waals surface area (Å²) < 4.78 is 40.7. The molecule has 0 saturated heterocycles. The summed E-state index contributed by atoms with van der Waals surface area (Å²) in [6, 6.07) is 14.3. The third kappa shape index (κ3) is 4.04. The van der Waals surface area contributed by atoms with E-state index < -0.39 is 21.7 Å². The van der Waals surface area contributed by atoms with Crippen LogP contribution in [0.3, 0.4) is 0 Å². The molecule has 0 aliphatic carbocycles. The van der Waals surface area contributed by atoms with Gasteiger partial charge in [0.15, 0.2) is 0 Å². The molecular formula is C18H14FN3O3S. The Balaban J connectivity index is 1.74. The van der Waals surface area contributed by atoms with Gasteiger partial charge in [-0.1, -0.05) is 12.1 Å². The van der Waals surface area contributed by atoms with E-state index in [4.69, 9.17) is 0 Å². The van der Waals surface area contributed by atoms with Gasteiger partial charge in [0.05, 0.1) is 22.3 Å². The predicted octanol–water partition coefficient (Wildman–Crippen LogP) is 3.27. The van der Waals surface area contributed by atoms with Gasteiger partial charge in [-0.3, -0.25) is 14.5 Å². The van der Waals surface area contributed by atoms with Gasteiger partial charge in [-0.15, -0.1) is 0 Å². The second-order valence-corrected chi connectivity index (χ2v) is 6.99. The molecule has 1 aromatic heterocycles. The van der Waals surface area contributed by atoms with Crippen molar-refractivity contribution in [3.63, 3.8) is 0 Å². The zero-order valence-electron chi connectivity index (χ0n) is 13.4. The molecular weight excluding hydrogens is 357 g/mol. The number of benzene rings is 2. The van der Waals surface area contributed by atoms with E-state index in [1.807, 2.05) is 0 Å². The lowest BCUT2D eigenvalue weighted by molar-refractivity contribution is 0.102. The first-order valence-corrected chi connectivity index (χ1v) is 9.03. The van der Waals surface area contributed by atoms with Gasteiger partial charge in [0, 0.05) is 11.9 Å². The fraction of sp³-hybridized carbons (Fsp3) is 0. The number of anilines is 2. The molecule has 0 atom stereocenters. The normalized spacial score (nSPS) is 11.0. The molecule has 0 spiro atoms. The number of hydrogen-bond acceptors (Lipinski definition) is 4. The number of nitrogens with zero attached hydrogens (tertiary/aromatic N) is 1. The summed E-state index contributed by atoms with van der Waals surface area (Å²) in [5.74, 6) is -1.25. The fourth-order valence-corrected chi connectivity index (χ4v) is 3.24. The number of nitrogens with one attached hydrogen (secondary N) is 2. The van der Waals surface area contributed by atoms with Crippen molar-refractivity contribution in [2.24, 2.45) is 0 Å². The summed E-state index contributed by atoms with van der Waals surface area (Å²) >= 11 is 0. The van der Waals surface area contributed by atoms with Gasteiger partial charge in [0.1, 0.15) is 5.82 Å². The SMILES string of the molecule is O=C(Nc1ccc(S(=O)(=O)Nc2cccnc2)cc1)c1ccccc1F. The summed E-state index contributed by atoms with van der Waals surface area (Å²) in [5, 5.41) is 2.52. The van der Waals surface area contributed by atoms with E-state index in [2.05, 4.69) is 15.0 Å². The van der Waals surface area contributed by atoms with Crippen LogP contribution in [-0.4, -0.2) is 19.3 Å². The number of rotatable bonds is 5. The van der Waals surface area contributed by atoms with Gasteiger partial charge in [-0.05, 0) is 48.5 Å². The Morgan fingerprint density at radius 1 is 0.923 bits per heavy atom. The highest BCUT2D eigenvalue weighted by Gasteiger charge is 2.15. The average molecular weight is 371 g/mol. The highest BCUT2D eigenvalue weighted by molar-refractivity contribution is 7.92. The minimum Gasteiger partial charge on any atom is -0.322 e. The van der Waals surface area contributed by atoms with E-state index in [9.17, 15) is 17.6 Å². The van der Waals surface area contributed by atoms with Gasteiger partial charge in [-0.25, -0.2) is 12.8 Å². The summed E-state index contributed by atoms with van der Waals surface area (Å²) in [7, 11) is -3.78. The van der Waals surface area contributed by atoms with E-state index in [0.717, 1.165) is 0 Å². The molecule has 0 aliphatic heterocycles. The zero-order chi connectivity index (χ0) is 18.6. The first-order chi connectivity index (χ1) is 12.5. The van der Waals surface area contributed by atoms with E-state index >= 15 is 0 Å². The Hall–Kier alpha value is -3.26. The topological polar surface area (TPSA) is 88.2 Å². The van der Waals surface area contributed by atoms with E-state index in [0.29, 0.717) is 11.4 Å². The van der Waals surface area contributed by atoms with Crippen molar-refractivity contribution in [2.75, 3.05) is 10.0 Å². The molecule has 132 valence electrons. The van der Waals surface area contributed by atoms with Gasteiger partial charge >= 0.3 is 0 Å². The van der Waals surface area contributed by atoms with E-state index in [-0.39, 0.29) is 10.5 Å². The maximum absolute atomic E-state index is 13.6. The largest absolute Gasteiger partial charge is 0.322 e. The van der Waals surface area contributed by atoms with Gasteiger partial charge in [0.25, 0.3) is 15.9 Å². The van der Waals surface area contributed by atoms with Crippen LogP contribution < -0.4 is 10.0 Å². The summed E-state index contributed by atoms with van der Waals surface area (Å²) in [6.07, 6.45) is 2.92. The highest BCUT2D eigenvalue weighted by atomic mass is 32.2. The summed E-state index contributed by atoms with van der Waals surface area (Å²) in [4.78, 5) is 15.9. The Bertz CT molecular complexity index is 1020. The Morgan fingerprint density at radius 3 is 2.31 bits per heavy atom. The minimum atomic E-state index is -3.78. The monoisotopic (exact) mass is 371 g/mol. The number of carbonyl (C=O) groups excluding carboxylic acids is 1. The third-order valence-electron chi connectivity index (χ3n) is 3.45. The van der Waals surface area contributed by atoms with Crippen LogP contribution in [0.25, 0.3) is 0 Å². The number of amides is 1. The molecule has 0 radical (unpaired) electrons. The van der Waals surface area contributed by atoms with Crippen molar-refractivity contribution in [2.45, 2.75) is 4.90 Å². The van der Waals surface area contributed by atoms with E-state index in [1.165, 1.54) is 54.9 Å². The van der Waals surface area contributed by atoms with Crippen molar-refractivity contribution in [1.29, 1.82) is 0 Å². The average Bonchev–Trinajstić information content (AvgIpc) is 2.63. The molecule has 0 bridgehead atoms. The first-order valence-electron chi connectivity index (χ1n) is 7.54. The Labute approximate surface area is 149 Å².